The molecular weight excluding hydrogens is 334 g/mol. The molecule has 4 rings (SSSR count). The summed E-state index contributed by atoms with van der Waals surface area (Å²) in [6.07, 6.45) is 6.40. The van der Waals surface area contributed by atoms with Crippen LogP contribution in [-0.2, 0) is 9.47 Å². The maximum absolute atomic E-state index is 13.2. The molecule has 2 fully saturated rings. The molecule has 2 aromatic heterocycles. The van der Waals surface area contributed by atoms with Crippen LogP contribution in [0.15, 0.2) is 35.4 Å². The Morgan fingerprint density at radius 3 is 2.92 bits per heavy atom. The minimum atomic E-state index is -0.342. The maximum atomic E-state index is 13.2. The summed E-state index contributed by atoms with van der Waals surface area (Å²) in [6.45, 7) is 0.574. The van der Waals surface area contributed by atoms with Gasteiger partial charge in [0.25, 0.3) is 11.5 Å². The Hall–Kier alpha value is -2.25. The predicted molar refractivity (Wildman–Crippen MR) is 95.3 cm³/mol. The van der Waals surface area contributed by atoms with Crippen molar-refractivity contribution in [2.24, 2.45) is 0 Å². The first kappa shape index (κ1) is 17.2. The van der Waals surface area contributed by atoms with Crippen LogP contribution in [0, 0.1) is 0 Å². The number of pyridine rings is 1. The Labute approximate surface area is 151 Å². The summed E-state index contributed by atoms with van der Waals surface area (Å²) < 4.78 is 12.8. The molecule has 3 atom stereocenters. The van der Waals surface area contributed by atoms with Crippen LogP contribution in [-0.4, -0.2) is 58.7 Å². The van der Waals surface area contributed by atoms with Crippen molar-refractivity contribution in [2.45, 2.75) is 43.4 Å². The van der Waals surface area contributed by atoms with Crippen molar-refractivity contribution >= 4 is 11.6 Å². The Morgan fingerprint density at radius 2 is 2.15 bits per heavy atom. The highest BCUT2D eigenvalue weighted by Gasteiger charge is 2.53. The number of carbonyl (C=O) groups excluding carboxylic acids is 1. The fourth-order valence-corrected chi connectivity index (χ4v) is 4.45. The minimum absolute atomic E-state index is 0.0884. The summed E-state index contributed by atoms with van der Waals surface area (Å²) in [4.78, 5) is 32.0. The number of amides is 1. The van der Waals surface area contributed by atoms with Crippen molar-refractivity contribution in [2.75, 3.05) is 20.8 Å². The number of likely N-dealkylation sites (tertiary alicyclic amines) is 1. The highest BCUT2D eigenvalue weighted by Crippen LogP contribution is 2.43. The molecule has 1 aliphatic carbocycles. The van der Waals surface area contributed by atoms with Crippen molar-refractivity contribution < 1.29 is 14.3 Å². The first-order valence-corrected chi connectivity index (χ1v) is 8.95. The number of carbonyl (C=O) groups is 1. The third-order valence-corrected chi connectivity index (χ3v) is 5.98. The molecule has 2 aliphatic rings. The normalized spacial score (nSPS) is 28.3. The molecule has 7 heteroatoms. The van der Waals surface area contributed by atoms with Crippen LogP contribution in [0.2, 0.25) is 0 Å². The lowest BCUT2D eigenvalue weighted by molar-refractivity contribution is -0.0893. The van der Waals surface area contributed by atoms with Crippen LogP contribution in [0.25, 0.3) is 5.65 Å². The lowest BCUT2D eigenvalue weighted by Crippen LogP contribution is -2.53. The first-order valence-electron chi connectivity index (χ1n) is 8.95. The maximum Gasteiger partial charge on any atom is 0.270 e. The number of fused-ring (bicyclic) bond motifs is 2. The minimum Gasteiger partial charge on any atom is -0.381 e. The van der Waals surface area contributed by atoms with E-state index in [0.29, 0.717) is 12.2 Å². The fraction of sp³-hybridized carbons (Fsp3) is 0.526. The molecule has 7 nitrogen and oxygen atoms in total. The Bertz CT molecular complexity index is 896. The van der Waals surface area contributed by atoms with Gasteiger partial charge in [-0.25, -0.2) is 4.98 Å². The lowest BCUT2D eigenvalue weighted by Gasteiger charge is -2.43. The number of hydrogen-bond donors (Lipinski definition) is 0. The Balaban J connectivity index is 1.70. The predicted octanol–water partition coefficient (Wildman–Crippen LogP) is 1.49. The second-order valence-electron chi connectivity index (χ2n) is 7.07. The molecule has 0 bridgehead atoms. The highest BCUT2D eigenvalue weighted by molar-refractivity contribution is 5.94. The van der Waals surface area contributed by atoms with E-state index in [4.69, 9.17) is 9.47 Å². The summed E-state index contributed by atoms with van der Waals surface area (Å²) in [6, 6.07) is 5.21. The second kappa shape index (κ2) is 6.48. The zero-order chi connectivity index (χ0) is 18.3. The number of aromatic nitrogens is 2. The summed E-state index contributed by atoms with van der Waals surface area (Å²) in [7, 11) is 3.41. The lowest BCUT2D eigenvalue weighted by atomic mass is 9.79. The number of ether oxygens (including phenoxy) is 2. The van der Waals surface area contributed by atoms with Gasteiger partial charge in [0.2, 0.25) is 0 Å². The van der Waals surface area contributed by atoms with Crippen LogP contribution in [0.3, 0.4) is 0 Å². The van der Waals surface area contributed by atoms with Gasteiger partial charge in [-0.3, -0.25) is 14.0 Å². The van der Waals surface area contributed by atoms with Gasteiger partial charge in [-0.1, -0.05) is 6.07 Å². The van der Waals surface area contributed by atoms with Crippen molar-refractivity contribution in [3.05, 3.63) is 46.5 Å². The van der Waals surface area contributed by atoms with E-state index in [1.165, 1.54) is 10.6 Å². The summed E-state index contributed by atoms with van der Waals surface area (Å²) in [5.41, 5.74) is -0.0564. The summed E-state index contributed by atoms with van der Waals surface area (Å²) >= 11 is 0. The number of rotatable bonds is 3. The molecule has 0 radical (unpaired) electrons. The molecular formula is C19H23N3O4. The van der Waals surface area contributed by atoms with Gasteiger partial charge in [-0.2, -0.15) is 0 Å². The van der Waals surface area contributed by atoms with Gasteiger partial charge >= 0.3 is 0 Å². The van der Waals surface area contributed by atoms with Crippen molar-refractivity contribution in [1.29, 1.82) is 0 Å². The van der Waals surface area contributed by atoms with Crippen molar-refractivity contribution in [3.8, 4) is 0 Å². The van der Waals surface area contributed by atoms with Crippen LogP contribution >= 0.6 is 0 Å². The Morgan fingerprint density at radius 1 is 1.31 bits per heavy atom. The second-order valence-corrected chi connectivity index (χ2v) is 7.07. The molecule has 138 valence electrons. The van der Waals surface area contributed by atoms with Gasteiger partial charge in [-0.15, -0.1) is 0 Å². The van der Waals surface area contributed by atoms with Gasteiger partial charge < -0.3 is 14.4 Å². The molecule has 2 aromatic rings. The van der Waals surface area contributed by atoms with E-state index in [9.17, 15) is 9.59 Å². The molecule has 3 heterocycles. The molecule has 0 spiro atoms. The average Bonchev–Trinajstić information content (AvgIpc) is 3.07. The SMILES string of the molecule is CO[C@@H]1CC[C@@]2(OC)CCN(C(=O)c3cnc4ccccn4c3=O)[C@H]2C1. The average molecular weight is 357 g/mol. The van der Waals surface area contributed by atoms with Gasteiger partial charge in [0.05, 0.1) is 17.7 Å². The molecule has 1 saturated heterocycles. The zero-order valence-electron chi connectivity index (χ0n) is 15.1. The van der Waals surface area contributed by atoms with Crippen LogP contribution < -0.4 is 5.56 Å². The van der Waals surface area contributed by atoms with Gasteiger partial charge in [0.15, 0.2) is 0 Å². The largest absolute Gasteiger partial charge is 0.381 e. The summed E-state index contributed by atoms with van der Waals surface area (Å²) in [5, 5.41) is 0. The molecule has 1 amide bonds. The van der Waals surface area contributed by atoms with Gasteiger partial charge in [-0.05, 0) is 37.8 Å². The van der Waals surface area contributed by atoms with Crippen LogP contribution in [0.1, 0.15) is 36.0 Å². The Kier molecular flexibility index (Phi) is 4.28. The number of methoxy groups -OCH3 is 2. The molecule has 0 N–H and O–H groups in total. The van der Waals surface area contributed by atoms with E-state index < -0.39 is 0 Å². The van der Waals surface area contributed by atoms with E-state index in [1.54, 1.807) is 37.4 Å². The monoisotopic (exact) mass is 357 g/mol. The third kappa shape index (κ3) is 2.54. The van der Waals surface area contributed by atoms with Gasteiger partial charge in [0, 0.05) is 33.2 Å². The molecule has 1 saturated carbocycles. The summed E-state index contributed by atoms with van der Waals surface area (Å²) in [5.74, 6) is -0.276. The van der Waals surface area contributed by atoms with Crippen molar-refractivity contribution in [3.63, 3.8) is 0 Å². The number of hydrogen-bond acceptors (Lipinski definition) is 5. The van der Waals surface area contributed by atoms with E-state index in [-0.39, 0.29) is 34.8 Å². The topological polar surface area (TPSA) is 73.1 Å². The van der Waals surface area contributed by atoms with Crippen LogP contribution in [0.5, 0.6) is 0 Å². The van der Waals surface area contributed by atoms with Crippen molar-refractivity contribution in [1.82, 2.24) is 14.3 Å². The zero-order valence-corrected chi connectivity index (χ0v) is 15.1. The molecule has 0 aromatic carbocycles. The van der Waals surface area contributed by atoms with E-state index in [0.717, 1.165) is 25.7 Å². The smallest absolute Gasteiger partial charge is 0.270 e. The van der Waals surface area contributed by atoms with E-state index in [2.05, 4.69) is 4.98 Å². The first-order chi connectivity index (χ1) is 12.6. The number of nitrogens with zero attached hydrogens (tertiary/aromatic N) is 3. The molecule has 0 unspecified atom stereocenters. The molecule has 26 heavy (non-hydrogen) atoms. The quantitative estimate of drug-likeness (QED) is 0.832. The third-order valence-electron chi connectivity index (χ3n) is 5.98. The highest BCUT2D eigenvalue weighted by atomic mass is 16.5. The van der Waals surface area contributed by atoms with E-state index in [1.807, 2.05) is 6.07 Å². The molecule has 1 aliphatic heterocycles. The standard InChI is InChI=1S/C19H23N3O4/c1-25-13-6-7-19(26-2)8-10-21(15(19)11-13)17(23)14-12-20-16-5-3-4-9-22(16)18(14)24/h3-5,9,12-13,15H,6-8,10-11H2,1-2H3/t13-,15+,19-/m1/s1. The van der Waals surface area contributed by atoms with E-state index >= 15 is 0 Å². The van der Waals surface area contributed by atoms with Crippen LogP contribution in [0.4, 0.5) is 0 Å². The fourth-order valence-electron chi connectivity index (χ4n) is 4.45. The van der Waals surface area contributed by atoms with Gasteiger partial charge in [0.1, 0.15) is 11.2 Å².